The summed E-state index contributed by atoms with van der Waals surface area (Å²) >= 11 is 3.55. The maximum absolute atomic E-state index is 6.26. The lowest BCUT2D eigenvalue weighted by molar-refractivity contribution is -0.182. The first-order chi connectivity index (χ1) is 6.01. The molecule has 0 bridgehead atoms. The van der Waals surface area contributed by atoms with Gasteiger partial charge < -0.3 is 4.74 Å². The zero-order chi connectivity index (χ0) is 9.69. The minimum Gasteiger partial charge on any atom is -0.368 e. The molecule has 2 fully saturated rings. The highest BCUT2D eigenvalue weighted by Gasteiger charge is 2.57. The van der Waals surface area contributed by atoms with Crippen LogP contribution in [0.2, 0.25) is 0 Å². The molecule has 0 aromatic heterocycles. The van der Waals surface area contributed by atoms with Crippen LogP contribution in [0.15, 0.2) is 0 Å². The van der Waals surface area contributed by atoms with Gasteiger partial charge in [-0.2, -0.15) is 0 Å². The van der Waals surface area contributed by atoms with Crippen molar-refractivity contribution in [1.29, 1.82) is 0 Å². The van der Waals surface area contributed by atoms with Crippen molar-refractivity contribution in [1.82, 2.24) is 0 Å². The van der Waals surface area contributed by atoms with Crippen LogP contribution in [0.25, 0.3) is 0 Å². The second-order valence-corrected chi connectivity index (χ2v) is 5.78. The third-order valence-corrected chi connectivity index (χ3v) is 5.35. The average molecular weight is 247 g/mol. The highest BCUT2D eigenvalue weighted by molar-refractivity contribution is 9.09. The van der Waals surface area contributed by atoms with E-state index in [-0.39, 0.29) is 11.2 Å². The zero-order valence-corrected chi connectivity index (χ0v) is 10.4. The maximum atomic E-state index is 6.26. The van der Waals surface area contributed by atoms with E-state index in [0.717, 1.165) is 17.2 Å². The van der Waals surface area contributed by atoms with Gasteiger partial charge in [0.2, 0.25) is 0 Å². The first-order valence-corrected chi connectivity index (χ1v) is 6.40. The second kappa shape index (κ2) is 2.96. The van der Waals surface area contributed by atoms with Crippen LogP contribution in [-0.2, 0) is 4.74 Å². The smallest absolute Gasteiger partial charge is 0.0759 e. The van der Waals surface area contributed by atoms with Crippen LogP contribution in [0, 0.1) is 11.8 Å². The number of alkyl halides is 1. The van der Waals surface area contributed by atoms with Crippen LogP contribution >= 0.6 is 15.9 Å². The molecule has 1 saturated heterocycles. The first kappa shape index (κ1) is 9.97. The number of hydrogen-bond acceptors (Lipinski definition) is 1. The van der Waals surface area contributed by atoms with Gasteiger partial charge in [-0.25, -0.2) is 0 Å². The summed E-state index contributed by atoms with van der Waals surface area (Å²) in [6.07, 6.45) is 3.76. The second-order valence-electron chi connectivity index (χ2n) is 5.22. The Kier molecular flexibility index (Phi) is 2.27. The predicted molar refractivity (Wildman–Crippen MR) is 58.2 cm³/mol. The summed E-state index contributed by atoms with van der Waals surface area (Å²) < 4.78 is 6.26. The van der Waals surface area contributed by atoms with Crippen molar-refractivity contribution in [3.8, 4) is 0 Å². The van der Waals surface area contributed by atoms with Crippen LogP contribution < -0.4 is 0 Å². The van der Waals surface area contributed by atoms with Gasteiger partial charge in [-0.1, -0.05) is 29.8 Å². The van der Waals surface area contributed by atoms with Crippen molar-refractivity contribution in [2.45, 2.75) is 51.2 Å². The minimum absolute atomic E-state index is 0.106. The topological polar surface area (TPSA) is 9.23 Å². The van der Waals surface area contributed by atoms with E-state index in [1.807, 2.05) is 0 Å². The van der Waals surface area contributed by atoms with Crippen LogP contribution in [0.5, 0.6) is 0 Å². The molecular weight excluding hydrogens is 228 g/mol. The molecule has 1 nitrogen and oxygen atoms in total. The van der Waals surface area contributed by atoms with E-state index in [0.29, 0.717) is 0 Å². The highest BCUT2D eigenvalue weighted by atomic mass is 79.9. The van der Waals surface area contributed by atoms with Crippen molar-refractivity contribution in [2.24, 2.45) is 11.8 Å². The molecule has 0 radical (unpaired) electrons. The quantitative estimate of drug-likeness (QED) is 0.645. The van der Waals surface area contributed by atoms with E-state index in [9.17, 15) is 0 Å². The van der Waals surface area contributed by atoms with Gasteiger partial charge in [-0.05, 0) is 38.0 Å². The van der Waals surface area contributed by atoms with Crippen molar-refractivity contribution in [3.05, 3.63) is 0 Å². The van der Waals surface area contributed by atoms with Crippen LogP contribution in [0.3, 0.4) is 0 Å². The maximum Gasteiger partial charge on any atom is 0.0759 e. The van der Waals surface area contributed by atoms with Crippen molar-refractivity contribution in [3.63, 3.8) is 0 Å². The van der Waals surface area contributed by atoms with Crippen LogP contribution in [-0.4, -0.2) is 16.5 Å². The van der Waals surface area contributed by atoms with Crippen LogP contribution in [0.4, 0.5) is 0 Å². The first-order valence-electron chi connectivity index (χ1n) is 5.27. The molecule has 4 unspecified atom stereocenters. The number of halogens is 1. The molecule has 4 atom stereocenters. The van der Waals surface area contributed by atoms with Crippen molar-refractivity contribution >= 4 is 15.9 Å². The Morgan fingerprint density at radius 1 is 1.38 bits per heavy atom. The Morgan fingerprint density at radius 3 is 2.46 bits per heavy atom. The molecule has 76 valence electrons. The largest absolute Gasteiger partial charge is 0.368 e. The summed E-state index contributed by atoms with van der Waals surface area (Å²) in [6.45, 7) is 6.91. The Bertz CT molecular complexity index is 218. The van der Waals surface area contributed by atoms with Gasteiger partial charge in [0.05, 0.1) is 11.2 Å². The van der Waals surface area contributed by atoms with Gasteiger partial charge in [-0.3, -0.25) is 0 Å². The molecule has 1 spiro atoms. The molecule has 0 aromatic rings. The summed E-state index contributed by atoms with van der Waals surface area (Å²) in [5.41, 5.74) is 0.357. The fraction of sp³-hybridized carbons (Fsp3) is 1.00. The van der Waals surface area contributed by atoms with E-state index in [4.69, 9.17) is 4.74 Å². The summed E-state index contributed by atoms with van der Waals surface area (Å²) in [5.74, 6) is 1.62. The van der Waals surface area contributed by atoms with E-state index >= 15 is 0 Å². The summed E-state index contributed by atoms with van der Waals surface area (Å²) in [5, 5.41) is 0.975. The number of hydrogen-bond donors (Lipinski definition) is 0. The lowest BCUT2D eigenvalue weighted by atomic mass is 9.62. The molecule has 2 rings (SSSR count). The summed E-state index contributed by atoms with van der Waals surface area (Å²) in [7, 11) is 0. The third-order valence-electron chi connectivity index (χ3n) is 4.16. The standard InChI is InChI=1S/C11H19BrO/c1-8-6-11(9(8)2)5-4-10(3,7-12)13-11/h8-9H,4-7H2,1-3H3. The normalized spacial score (nSPS) is 55.4. The summed E-state index contributed by atoms with van der Waals surface area (Å²) in [4.78, 5) is 0. The number of ether oxygens (including phenoxy) is 1. The van der Waals surface area contributed by atoms with E-state index in [1.54, 1.807) is 0 Å². The Labute approximate surface area is 89.4 Å². The Hall–Kier alpha value is 0.440. The predicted octanol–water partition coefficient (Wildman–Crippen LogP) is 3.37. The third kappa shape index (κ3) is 1.37. The van der Waals surface area contributed by atoms with E-state index in [2.05, 4.69) is 36.7 Å². The molecule has 2 heteroatoms. The Morgan fingerprint density at radius 2 is 2.08 bits per heavy atom. The molecule has 1 saturated carbocycles. The van der Waals surface area contributed by atoms with Crippen molar-refractivity contribution < 1.29 is 4.74 Å². The SMILES string of the molecule is CC1CC2(CCC(C)(CBr)O2)C1C. The molecule has 1 aliphatic carbocycles. The molecular formula is C11H19BrO. The Balaban J connectivity index is 2.06. The van der Waals surface area contributed by atoms with Gasteiger partial charge in [0.15, 0.2) is 0 Å². The van der Waals surface area contributed by atoms with Gasteiger partial charge in [0, 0.05) is 5.33 Å². The fourth-order valence-electron chi connectivity index (χ4n) is 2.89. The molecule has 0 aromatic carbocycles. The molecule has 0 N–H and O–H groups in total. The van der Waals surface area contributed by atoms with E-state index < -0.39 is 0 Å². The molecule has 1 heterocycles. The monoisotopic (exact) mass is 246 g/mol. The van der Waals surface area contributed by atoms with Gasteiger partial charge in [0.25, 0.3) is 0 Å². The van der Waals surface area contributed by atoms with Crippen LogP contribution in [0.1, 0.15) is 40.0 Å². The lowest BCUT2D eigenvalue weighted by Gasteiger charge is -2.51. The fourth-order valence-corrected chi connectivity index (χ4v) is 3.29. The van der Waals surface area contributed by atoms with Crippen molar-refractivity contribution in [2.75, 3.05) is 5.33 Å². The molecule has 2 aliphatic rings. The molecule has 13 heavy (non-hydrogen) atoms. The van der Waals surface area contributed by atoms with Gasteiger partial charge in [0.1, 0.15) is 0 Å². The zero-order valence-electron chi connectivity index (χ0n) is 8.77. The molecule has 1 aliphatic heterocycles. The molecule has 0 amide bonds. The summed E-state index contributed by atoms with van der Waals surface area (Å²) in [6, 6.07) is 0. The van der Waals surface area contributed by atoms with Gasteiger partial charge >= 0.3 is 0 Å². The van der Waals surface area contributed by atoms with E-state index in [1.165, 1.54) is 19.3 Å². The minimum atomic E-state index is 0.106. The lowest BCUT2D eigenvalue weighted by Crippen LogP contribution is -2.52. The highest BCUT2D eigenvalue weighted by Crippen LogP contribution is 2.55. The average Bonchev–Trinajstić information content (AvgIpc) is 2.47. The van der Waals surface area contributed by atoms with Gasteiger partial charge in [-0.15, -0.1) is 0 Å². The number of rotatable bonds is 1.